The summed E-state index contributed by atoms with van der Waals surface area (Å²) in [6.07, 6.45) is 2.30. The van der Waals surface area contributed by atoms with Gasteiger partial charge in [0.25, 0.3) is 5.91 Å². The van der Waals surface area contributed by atoms with Gasteiger partial charge in [0.05, 0.1) is 32.6 Å². The first-order valence-electron chi connectivity index (χ1n) is 10.7. The Hall–Kier alpha value is -3.85. The summed E-state index contributed by atoms with van der Waals surface area (Å²) in [5.41, 5.74) is 3.67. The minimum Gasteiger partial charge on any atom is -0.494 e. The van der Waals surface area contributed by atoms with Gasteiger partial charge in [-0.2, -0.15) is 5.10 Å². The monoisotopic (exact) mass is 540 g/mol. The summed E-state index contributed by atoms with van der Waals surface area (Å²) >= 11 is 3.39. The molecule has 1 N–H and O–H groups in total. The standard InChI is InChI=1S/C26H25BrN2O6/c1-4-13-34-21-9-5-17(6-10-21)25(30)29-28-16-19-14-20(27)8-12-22(19)35-26(31)18-7-11-23(32-2)24(15-18)33-3/h5-12,14-16H,4,13H2,1-3H3,(H,29,30)/b28-16+. The average molecular weight is 541 g/mol. The molecule has 1 amide bonds. The van der Waals surface area contributed by atoms with E-state index in [2.05, 4.69) is 26.5 Å². The quantitative estimate of drug-likeness (QED) is 0.163. The van der Waals surface area contributed by atoms with Crippen LogP contribution in [0, 0.1) is 0 Å². The van der Waals surface area contributed by atoms with E-state index in [1.807, 2.05) is 6.92 Å². The Labute approximate surface area is 212 Å². The number of hydrogen-bond acceptors (Lipinski definition) is 7. The fraction of sp³-hybridized carbons (Fsp3) is 0.192. The molecule has 3 rings (SSSR count). The normalized spacial score (nSPS) is 10.6. The van der Waals surface area contributed by atoms with Crippen molar-refractivity contribution in [2.24, 2.45) is 5.10 Å². The molecule has 0 bridgehead atoms. The highest BCUT2D eigenvalue weighted by molar-refractivity contribution is 9.10. The summed E-state index contributed by atoms with van der Waals surface area (Å²) in [7, 11) is 3.00. The Morgan fingerprint density at radius 3 is 2.29 bits per heavy atom. The van der Waals surface area contributed by atoms with Crippen LogP contribution in [-0.2, 0) is 0 Å². The molecule has 3 aromatic carbocycles. The second-order valence-electron chi connectivity index (χ2n) is 7.21. The van der Waals surface area contributed by atoms with Crippen LogP contribution in [0.4, 0.5) is 0 Å². The Morgan fingerprint density at radius 1 is 0.914 bits per heavy atom. The maximum absolute atomic E-state index is 12.7. The SMILES string of the molecule is CCCOc1ccc(C(=O)N/N=C/c2cc(Br)ccc2OC(=O)c2ccc(OC)c(OC)c2)cc1. The van der Waals surface area contributed by atoms with Gasteiger partial charge >= 0.3 is 5.97 Å². The van der Waals surface area contributed by atoms with Gasteiger partial charge in [0.1, 0.15) is 11.5 Å². The maximum Gasteiger partial charge on any atom is 0.343 e. The highest BCUT2D eigenvalue weighted by Crippen LogP contribution is 2.29. The number of carbonyl (C=O) groups excluding carboxylic acids is 2. The highest BCUT2D eigenvalue weighted by Gasteiger charge is 2.15. The fourth-order valence-electron chi connectivity index (χ4n) is 2.98. The number of halogens is 1. The molecule has 182 valence electrons. The van der Waals surface area contributed by atoms with Crippen LogP contribution in [0.25, 0.3) is 0 Å². The molecule has 9 heteroatoms. The van der Waals surface area contributed by atoms with Gasteiger partial charge in [-0.05, 0) is 67.1 Å². The van der Waals surface area contributed by atoms with E-state index in [1.54, 1.807) is 54.6 Å². The first kappa shape index (κ1) is 25.8. The van der Waals surface area contributed by atoms with Crippen LogP contribution < -0.4 is 24.4 Å². The van der Waals surface area contributed by atoms with E-state index in [4.69, 9.17) is 18.9 Å². The summed E-state index contributed by atoms with van der Waals surface area (Å²) in [5, 5.41) is 4.02. The van der Waals surface area contributed by atoms with Gasteiger partial charge in [0.2, 0.25) is 0 Å². The third-order valence-electron chi connectivity index (χ3n) is 4.75. The van der Waals surface area contributed by atoms with Crippen LogP contribution in [-0.4, -0.2) is 38.9 Å². The molecule has 0 unspecified atom stereocenters. The largest absolute Gasteiger partial charge is 0.494 e. The average Bonchev–Trinajstić information content (AvgIpc) is 2.88. The molecule has 3 aromatic rings. The van der Waals surface area contributed by atoms with Crippen molar-refractivity contribution in [3.05, 3.63) is 81.8 Å². The molecule has 0 saturated carbocycles. The number of esters is 1. The van der Waals surface area contributed by atoms with E-state index in [1.165, 1.54) is 26.5 Å². The number of ether oxygens (including phenoxy) is 4. The van der Waals surface area contributed by atoms with Gasteiger partial charge < -0.3 is 18.9 Å². The molecule has 35 heavy (non-hydrogen) atoms. The summed E-state index contributed by atoms with van der Waals surface area (Å²) in [4.78, 5) is 25.1. The molecule has 0 atom stereocenters. The Bertz CT molecular complexity index is 1210. The van der Waals surface area contributed by atoms with E-state index in [0.717, 1.165) is 10.9 Å². The van der Waals surface area contributed by atoms with E-state index in [9.17, 15) is 9.59 Å². The molecule has 0 spiro atoms. The van der Waals surface area contributed by atoms with Gasteiger partial charge in [-0.1, -0.05) is 22.9 Å². The van der Waals surface area contributed by atoms with E-state index in [0.29, 0.717) is 35.0 Å². The zero-order valence-corrected chi connectivity index (χ0v) is 21.1. The number of rotatable bonds is 10. The molecule has 0 aliphatic carbocycles. The van der Waals surface area contributed by atoms with E-state index in [-0.39, 0.29) is 17.2 Å². The van der Waals surface area contributed by atoms with Crippen LogP contribution >= 0.6 is 15.9 Å². The number of methoxy groups -OCH3 is 2. The molecule has 0 aliphatic rings. The number of benzene rings is 3. The van der Waals surface area contributed by atoms with Crippen molar-refractivity contribution in [1.29, 1.82) is 0 Å². The lowest BCUT2D eigenvalue weighted by Crippen LogP contribution is -2.17. The maximum atomic E-state index is 12.7. The van der Waals surface area contributed by atoms with Gasteiger partial charge in [0, 0.05) is 15.6 Å². The first-order valence-corrected chi connectivity index (χ1v) is 11.5. The topological polar surface area (TPSA) is 95.5 Å². The minimum absolute atomic E-state index is 0.267. The van der Waals surface area contributed by atoms with Crippen LogP contribution in [0.5, 0.6) is 23.0 Å². The van der Waals surface area contributed by atoms with Crippen molar-refractivity contribution in [1.82, 2.24) is 5.43 Å². The minimum atomic E-state index is -0.586. The zero-order chi connectivity index (χ0) is 25.2. The highest BCUT2D eigenvalue weighted by atomic mass is 79.9. The smallest absolute Gasteiger partial charge is 0.343 e. The number of nitrogens with one attached hydrogen (secondary N) is 1. The van der Waals surface area contributed by atoms with Crippen molar-refractivity contribution in [3.63, 3.8) is 0 Å². The fourth-order valence-corrected chi connectivity index (χ4v) is 3.36. The van der Waals surface area contributed by atoms with Crippen molar-refractivity contribution in [3.8, 4) is 23.0 Å². The van der Waals surface area contributed by atoms with E-state index < -0.39 is 5.97 Å². The number of hydrogen-bond donors (Lipinski definition) is 1. The summed E-state index contributed by atoms with van der Waals surface area (Å²) in [6.45, 7) is 2.63. The van der Waals surface area contributed by atoms with Crippen LogP contribution in [0.3, 0.4) is 0 Å². The summed E-state index contributed by atoms with van der Waals surface area (Å²) in [5.74, 6) is 0.900. The predicted molar refractivity (Wildman–Crippen MR) is 136 cm³/mol. The number of amides is 1. The molecule has 8 nitrogen and oxygen atoms in total. The first-order chi connectivity index (χ1) is 16.9. The molecular formula is C26H25BrN2O6. The van der Waals surface area contributed by atoms with Crippen molar-refractivity contribution >= 4 is 34.0 Å². The van der Waals surface area contributed by atoms with Gasteiger partial charge in [-0.25, -0.2) is 10.2 Å². The van der Waals surface area contributed by atoms with Gasteiger partial charge in [-0.3, -0.25) is 4.79 Å². The van der Waals surface area contributed by atoms with Crippen LogP contribution in [0.1, 0.15) is 39.6 Å². The molecule has 0 aliphatic heterocycles. The second-order valence-corrected chi connectivity index (χ2v) is 8.13. The molecular weight excluding hydrogens is 516 g/mol. The Balaban J connectivity index is 1.70. The molecule has 0 aromatic heterocycles. The van der Waals surface area contributed by atoms with Gasteiger partial charge in [0.15, 0.2) is 11.5 Å². The number of hydrazone groups is 1. The third-order valence-corrected chi connectivity index (χ3v) is 5.25. The summed E-state index contributed by atoms with van der Waals surface area (Å²) in [6, 6.07) is 16.6. The molecule has 0 fully saturated rings. The molecule has 0 saturated heterocycles. The van der Waals surface area contributed by atoms with E-state index >= 15 is 0 Å². The molecule has 0 radical (unpaired) electrons. The second kappa shape index (κ2) is 12.6. The third kappa shape index (κ3) is 7.07. The molecule has 0 heterocycles. The van der Waals surface area contributed by atoms with Crippen molar-refractivity contribution < 1.29 is 28.5 Å². The predicted octanol–water partition coefficient (Wildman–Crippen LogP) is 5.24. The van der Waals surface area contributed by atoms with Crippen molar-refractivity contribution in [2.75, 3.05) is 20.8 Å². The number of nitrogens with zero attached hydrogens (tertiary/aromatic N) is 1. The van der Waals surface area contributed by atoms with Crippen LogP contribution in [0.2, 0.25) is 0 Å². The van der Waals surface area contributed by atoms with Crippen LogP contribution in [0.15, 0.2) is 70.2 Å². The van der Waals surface area contributed by atoms with Crippen molar-refractivity contribution in [2.45, 2.75) is 13.3 Å². The van der Waals surface area contributed by atoms with Gasteiger partial charge in [-0.15, -0.1) is 0 Å². The lowest BCUT2D eigenvalue weighted by Gasteiger charge is -2.11. The lowest BCUT2D eigenvalue weighted by molar-refractivity contribution is 0.0733. The Kier molecular flexibility index (Phi) is 9.25. The lowest BCUT2D eigenvalue weighted by atomic mass is 10.2. The zero-order valence-electron chi connectivity index (χ0n) is 19.5. The Morgan fingerprint density at radius 2 is 1.60 bits per heavy atom. The number of carbonyl (C=O) groups is 2. The summed E-state index contributed by atoms with van der Waals surface area (Å²) < 4.78 is 22.3.